The summed E-state index contributed by atoms with van der Waals surface area (Å²) in [5.74, 6) is -0.574. The summed E-state index contributed by atoms with van der Waals surface area (Å²) in [6, 6.07) is 3.97. The smallest absolute Gasteiger partial charge is 0.339 e. The molecule has 0 amide bonds. The van der Waals surface area contributed by atoms with Crippen LogP contribution < -0.4 is 0 Å². The lowest BCUT2D eigenvalue weighted by Crippen LogP contribution is -2.15. The summed E-state index contributed by atoms with van der Waals surface area (Å²) in [7, 11) is 1.38. The number of carbonyl (C=O) groups is 1. The van der Waals surface area contributed by atoms with E-state index in [2.05, 4.69) is 15.9 Å². The Balaban J connectivity index is 3.03. The first kappa shape index (κ1) is 16.5. The standard InChI is InChI=1S/C12H14BrClO4S/c1-3-4-8(2)18-12(15)10-7-9(19(14,16)17)5-6-11(10)13/h5-8H,3-4H2,1-2H3. The van der Waals surface area contributed by atoms with Gasteiger partial charge in [0.15, 0.2) is 0 Å². The highest BCUT2D eigenvalue weighted by Crippen LogP contribution is 2.24. The first-order valence-corrected chi connectivity index (χ1v) is 8.81. The van der Waals surface area contributed by atoms with Gasteiger partial charge in [0.1, 0.15) is 0 Å². The zero-order chi connectivity index (χ0) is 14.6. The monoisotopic (exact) mass is 368 g/mol. The molecule has 0 aliphatic carbocycles. The number of benzene rings is 1. The van der Waals surface area contributed by atoms with Gasteiger partial charge in [0, 0.05) is 15.2 Å². The fourth-order valence-corrected chi connectivity index (χ4v) is 2.71. The van der Waals surface area contributed by atoms with Crippen LogP contribution in [0.4, 0.5) is 0 Å². The van der Waals surface area contributed by atoms with Gasteiger partial charge in [-0.2, -0.15) is 0 Å². The van der Waals surface area contributed by atoms with E-state index >= 15 is 0 Å². The van der Waals surface area contributed by atoms with Gasteiger partial charge in [-0.3, -0.25) is 0 Å². The van der Waals surface area contributed by atoms with E-state index in [9.17, 15) is 13.2 Å². The molecule has 0 bridgehead atoms. The molecule has 0 spiro atoms. The Hall–Kier alpha value is -0.590. The average molecular weight is 370 g/mol. The lowest BCUT2D eigenvalue weighted by Gasteiger charge is -2.13. The molecular formula is C12H14BrClO4S. The van der Waals surface area contributed by atoms with Crippen LogP contribution >= 0.6 is 26.6 Å². The number of ether oxygens (including phenoxy) is 1. The Kier molecular flexibility index (Phi) is 5.82. The molecule has 19 heavy (non-hydrogen) atoms. The summed E-state index contributed by atoms with van der Waals surface area (Å²) < 4.78 is 28.2. The second-order valence-electron chi connectivity index (χ2n) is 4.08. The maximum absolute atomic E-state index is 11.9. The van der Waals surface area contributed by atoms with Crippen molar-refractivity contribution in [1.29, 1.82) is 0 Å². The van der Waals surface area contributed by atoms with Crippen molar-refractivity contribution in [3.8, 4) is 0 Å². The van der Waals surface area contributed by atoms with Crippen molar-refractivity contribution < 1.29 is 17.9 Å². The van der Waals surface area contributed by atoms with Crippen LogP contribution in [0.15, 0.2) is 27.6 Å². The zero-order valence-electron chi connectivity index (χ0n) is 10.5. The second kappa shape index (κ2) is 6.72. The van der Waals surface area contributed by atoms with Crippen molar-refractivity contribution in [2.45, 2.75) is 37.7 Å². The fourth-order valence-electron chi connectivity index (χ4n) is 1.52. The minimum absolute atomic E-state index is 0.132. The summed E-state index contributed by atoms with van der Waals surface area (Å²) in [6.45, 7) is 3.78. The number of rotatable bonds is 5. The number of esters is 1. The molecule has 0 saturated carbocycles. The van der Waals surface area contributed by atoms with Crippen molar-refractivity contribution in [1.82, 2.24) is 0 Å². The van der Waals surface area contributed by atoms with Gasteiger partial charge < -0.3 is 4.74 Å². The first-order chi connectivity index (χ1) is 8.75. The summed E-state index contributed by atoms with van der Waals surface area (Å²) in [6.07, 6.45) is 1.42. The van der Waals surface area contributed by atoms with Crippen LogP contribution in [0.25, 0.3) is 0 Å². The van der Waals surface area contributed by atoms with Crippen molar-refractivity contribution in [2.24, 2.45) is 0 Å². The van der Waals surface area contributed by atoms with Crippen LogP contribution in [0.5, 0.6) is 0 Å². The van der Waals surface area contributed by atoms with E-state index in [1.54, 1.807) is 6.92 Å². The summed E-state index contributed by atoms with van der Waals surface area (Å²) in [5.41, 5.74) is 0.143. The Bertz CT molecular complexity index is 571. The van der Waals surface area contributed by atoms with Crippen LogP contribution in [0, 0.1) is 0 Å². The minimum atomic E-state index is -3.87. The molecule has 0 heterocycles. The van der Waals surface area contributed by atoms with Gasteiger partial charge in [0.2, 0.25) is 0 Å². The zero-order valence-corrected chi connectivity index (χ0v) is 13.7. The third kappa shape index (κ3) is 4.78. The SMILES string of the molecule is CCCC(C)OC(=O)c1cc(S(=O)(=O)Cl)ccc1Br. The number of hydrogen-bond donors (Lipinski definition) is 0. The van der Waals surface area contributed by atoms with E-state index in [0.717, 1.165) is 12.8 Å². The number of carbonyl (C=O) groups excluding carboxylic acids is 1. The molecular weight excluding hydrogens is 356 g/mol. The van der Waals surface area contributed by atoms with Crippen LogP contribution in [-0.2, 0) is 13.8 Å². The van der Waals surface area contributed by atoms with E-state index in [1.165, 1.54) is 18.2 Å². The minimum Gasteiger partial charge on any atom is -0.459 e. The maximum Gasteiger partial charge on any atom is 0.339 e. The van der Waals surface area contributed by atoms with Gasteiger partial charge in [0.25, 0.3) is 9.05 Å². The van der Waals surface area contributed by atoms with Gasteiger partial charge in [-0.05, 0) is 47.5 Å². The van der Waals surface area contributed by atoms with Crippen LogP contribution in [-0.4, -0.2) is 20.5 Å². The molecule has 0 radical (unpaired) electrons. The van der Waals surface area contributed by atoms with E-state index < -0.39 is 15.0 Å². The summed E-state index contributed by atoms with van der Waals surface area (Å²) in [4.78, 5) is 11.8. The Morgan fingerprint density at radius 1 is 1.47 bits per heavy atom. The third-order valence-corrected chi connectivity index (χ3v) is 4.49. The van der Waals surface area contributed by atoms with Crippen molar-refractivity contribution >= 4 is 41.6 Å². The number of halogens is 2. The second-order valence-corrected chi connectivity index (χ2v) is 7.50. The largest absolute Gasteiger partial charge is 0.459 e. The molecule has 0 aromatic heterocycles. The molecule has 1 rings (SSSR count). The van der Waals surface area contributed by atoms with Crippen LogP contribution in [0.3, 0.4) is 0 Å². The van der Waals surface area contributed by atoms with Gasteiger partial charge >= 0.3 is 5.97 Å². The fraction of sp³-hybridized carbons (Fsp3) is 0.417. The van der Waals surface area contributed by atoms with E-state index in [1.807, 2.05) is 6.92 Å². The van der Waals surface area contributed by atoms with Crippen molar-refractivity contribution in [2.75, 3.05) is 0 Å². The summed E-state index contributed by atoms with van der Waals surface area (Å²) in [5, 5.41) is 0. The van der Waals surface area contributed by atoms with Crippen LogP contribution in [0.1, 0.15) is 37.0 Å². The molecule has 0 N–H and O–H groups in total. The predicted octanol–water partition coefficient (Wildman–Crippen LogP) is 3.72. The molecule has 0 aliphatic rings. The highest BCUT2D eigenvalue weighted by atomic mass is 79.9. The third-order valence-electron chi connectivity index (χ3n) is 2.44. The Morgan fingerprint density at radius 3 is 2.63 bits per heavy atom. The quantitative estimate of drug-likeness (QED) is 0.586. The topological polar surface area (TPSA) is 60.4 Å². The highest BCUT2D eigenvalue weighted by Gasteiger charge is 2.19. The highest BCUT2D eigenvalue weighted by molar-refractivity contribution is 9.10. The molecule has 106 valence electrons. The Morgan fingerprint density at radius 2 is 2.11 bits per heavy atom. The Labute approximate surface area is 125 Å². The molecule has 0 aliphatic heterocycles. The van der Waals surface area contributed by atoms with E-state index in [-0.39, 0.29) is 16.6 Å². The van der Waals surface area contributed by atoms with Crippen molar-refractivity contribution in [3.63, 3.8) is 0 Å². The predicted molar refractivity (Wildman–Crippen MR) is 77.0 cm³/mol. The van der Waals surface area contributed by atoms with Gasteiger partial charge in [0.05, 0.1) is 16.6 Å². The van der Waals surface area contributed by atoms with Gasteiger partial charge in [-0.25, -0.2) is 13.2 Å². The molecule has 1 aromatic rings. The molecule has 0 saturated heterocycles. The molecule has 1 aromatic carbocycles. The lowest BCUT2D eigenvalue weighted by molar-refractivity contribution is 0.0322. The average Bonchev–Trinajstić information content (AvgIpc) is 2.27. The first-order valence-electron chi connectivity index (χ1n) is 5.71. The van der Waals surface area contributed by atoms with Gasteiger partial charge in [-0.15, -0.1) is 0 Å². The normalized spacial score (nSPS) is 13.1. The lowest BCUT2D eigenvalue weighted by atomic mass is 10.2. The van der Waals surface area contributed by atoms with Gasteiger partial charge in [-0.1, -0.05) is 13.3 Å². The number of hydrogen-bond acceptors (Lipinski definition) is 4. The molecule has 1 atom stereocenters. The maximum atomic E-state index is 11.9. The van der Waals surface area contributed by atoms with Crippen LogP contribution in [0.2, 0.25) is 0 Å². The van der Waals surface area contributed by atoms with E-state index in [0.29, 0.717) is 4.47 Å². The molecule has 7 heteroatoms. The molecule has 0 fully saturated rings. The molecule has 1 unspecified atom stereocenters. The molecule has 4 nitrogen and oxygen atoms in total. The van der Waals surface area contributed by atoms with E-state index in [4.69, 9.17) is 15.4 Å². The summed E-state index contributed by atoms with van der Waals surface area (Å²) >= 11 is 3.19. The van der Waals surface area contributed by atoms with Crippen molar-refractivity contribution in [3.05, 3.63) is 28.2 Å².